The molecular formula is C18H26Cl2N2O2. The Morgan fingerprint density at radius 1 is 1.17 bits per heavy atom. The van der Waals surface area contributed by atoms with Crippen LogP contribution in [0, 0.1) is 0 Å². The average molecular weight is 373 g/mol. The second-order valence-corrected chi connectivity index (χ2v) is 7.60. The molecule has 1 N–H and O–H groups in total. The molecule has 2 amide bonds. The molecule has 0 bridgehead atoms. The summed E-state index contributed by atoms with van der Waals surface area (Å²) >= 11 is 12.0. The molecule has 0 fully saturated rings. The highest BCUT2D eigenvalue weighted by atomic mass is 35.5. The smallest absolute Gasteiger partial charge is 0.243 e. The van der Waals surface area contributed by atoms with E-state index in [9.17, 15) is 9.59 Å². The molecule has 24 heavy (non-hydrogen) atoms. The SMILES string of the molecule is CCC(=O)N(Cc1ccc(Cl)c(Cl)c1)[C@H](CC)C(=O)NC(C)(C)C. The van der Waals surface area contributed by atoms with E-state index in [0.717, 1.165) is 5.56 Å². The molecule has 1 atom stereocenters. The topological polar surface area (TPSA) is 49.4 Å². The molecule has 1 aromatic rings. The second-order valence-electron chi connectivity index (χ2n) is 6.79. The Morgan fingerprint density at radius 2 is 1.79 bits per heavy atom. The lowest BCUT2D eigenvalue weighted by molar-refractivity contribution is -0.141. The fraction of sp³-hybridized carbons (Fsp3) is 0.556. The molecule has 0 spiro atoms. The molecule has 0 saturated carbocycles. The Morgan fingerprint density at radius 3 is 2.25 bits per heavy atom. The van der Waals surface area contributed by atoms with Crippen molar-refractivity contribution in [3.63, 3.8) is 0 Å². The van der Waals surface area contributed by atoms with Crippen LogP contribution in [0.3, 0.4) is 0 Å². The normalized spacial score (nSPS) is 12.6. The van der Waals surface area contributed by atoms with E-state index in [1.165, 1.54) is 0 Å². The van der Waals surface area contributed by atoms with Crippen molar-refractivity contribution in [2.75, 3.05) is 0 Å². The zero-order chi connectivity index (χ0) is 18.5. The van der Waals surface area contributed by atoms with Crippen LogP contribution < -0.4 is 5.32 Å². The Balaban J connectivity index is 3.07. The van der Waals surface area contributed by atoms with Gasteiger partial charge in [-0.05, 0) is 44.9 Å². The highest BCUT2D eigenvalue weighted by molar-refractivity contribution is 6.42. The summed E-state index contributed by atoms with van der Waals surface area (Å²) in [5.41, 5.74) is 0.489. The fourth-order valence-electron chi connectivity index (χ4n) is 2.41. The van der Waals surface area contributed by atoms with Crippen molar-refractivity contribution < 1.29 is 9.59 Å². The lowest BCUT2D eigenvalue weighted by Gasteiger charge is -2.33. The van der Waals surface area contributed by atoms with Crippen molar-refractivity contribution >= 4 is 35.0 Å². The third kappa shape index (κ3) is 5.99. The van der Waals surface area contributed by atoms with E-state index in [1.807, 2.05) is 33.8 Å². The van der Waals surface area contributed by atoms with Crippen LogP contribution in [-0.4, -0.2) is 28.3 Å². The Bertz CT molecular complexity index is 597. The van der Waals surface area contributed by atoms with Gasteiger partial charge in [0, 0.05) is 18.5 Å². The molecule has 0 aliphatic carbocycles. The zero-order valence-corrected chi connectivity index (χ0v) is 16.5. The highest BCUT2D eigenvalue weighted by Crippen LogP contribution is 2.24. The van der Waals surface area contributed by atoms with E-state index < -0.39 is 6.04 Å². The fourth-order valence-corrected chi connectivity index (χ4v) is 2.73. The largest absolute Gasteiger partial charge is 0.350 e. The number of nitrogens with zero attached hydrogens (tertiary/aromatic N) is 1. The Kier molecular flexibility index (Phi) is 7.56. The van der Waals surface area contributed by atoms with Crippen LogP contribution in [0.4, 0.5) is 0 Å². The van der Waals surface area contributed by atoms with E-state index in [4.69, 9.17) is 23.2 Å². The van der Waals surface area contributed by atoms with Crippen LogP contribution in [-0.2, 0) is 16.1 Å². The summed E-state index contributed by atoms with van der Waals surface area (Å²) in [5.74, 6) is -0.219. The van der Waals surface area contributed by atoms with Gasteiger partial charge in [0.05, 0.1) is 10.0 Å². The molecule has 0 aromatic heterocycles. The lowest BCUT2D eigenvalue weighted by Crippen LogP contribution is -2.53. The number of carbonyl (C=O) groups is 2. The average Bonchev–Trinajstić information content (AvgIpc) is 2.48. The molecule has 0 saturated heterocycles. The summed E-state index contributed by atoms with van der Waals surface area (Å²) < 4.78 is 0. The van der Waals surface area contributed by atoms with Gasteiger partial charge in [0.1, 0.15) is 6.04 Å². The van der Waals surface area contributed by atoms with Gasteiger partial charge in [0.25, 0.3) is 0 Å². The van der Waals surface area contributed by atoms with Gasteiger partial charge < -0.3 is 10.2 Å². The number of benzene rings is 1. The molecule has 1 rings (SSSR count). The monoisotopic (exact) mass is 372 g/mol. The molecule has 134 valence electrons. The molecular weight excluding hydrogens is 347 g/mol. The maximum atomic E-state index is 12.6. The maximum Gasteiger partial charge on any atom is 0.243 e. The van der Waals surface area contributed by atoms with Crippen LogP contribution >= 0.6 is 23.2 Å². The minimum atomic E-state index is -0.522. The molecule has 6 heteroatoms. The van der Waals surface area contributed by atoms with Crippen LogP contribution in [0.2, 0.25) is 10.0 Å². The van der Waals surface area contributed by atoms with Crippen LogP contribution in [0.25, 0.3) is 0 Å². The zero-order valence-electron chi connectivity index (χ0n) is 15.0. The van der Waals surface area contributed by atoms with E-state index in [1.54, 1.807) is 24.0 Å². The third-order valence-electron chi connectivity index (χ3n) is 3.52. The predicted octanol–water partition coefficient (Wildman–Crippen LogP) is 4.43. The Labute approximate surface area is 154 Å². The summed E-state index contributed by atoms with van der Waals surface area (Å²) in [6, 6.07) is 4.72. The van der Waals surface area contributed by atoms with Crippen LogP contribution in [0.5, 0.6) is 0 Å². The van der Waals surface area contributed by atoms with Crippen LogP contribution in [0.1, 0.15) is 53.0 Å². The van der Waals surface area contributed by atoms with E-state index in [-0.39, 0.29) is 17.4 Å². The van der Waals surface area contributed by atoms with Gasteiger partial charge >= 0.3 is 0 Å². The molecule has 0 aliphatic rings. The molecule has 0 aliphatic heterocycles. The third-order valence-corrected chi connectivity index (χ3v) is 4.26. The van der Waals surface area contributed by atoms with Crippen molar-refractivity contribution in [1.82, 2.24) is 10.2 Å². The molecule has 4 nitrogen and oxygen atoms in total. The highest BCUT2D eigenvalue weighted by Gasteiger charge is 2.29. The first-order valence-electron chi connectivity index (χ1n) is 8.14. The Hall–Kier alpha value is -1.26. The molecule has 0 heterocycles. The van der Waals surface area contributed by atoms with Crippen molar-refractivity contribution in [2.45, 2.75) is 65.6 Å². The van der Waals surface area contributed by atoms with Crippen molar-refractivity contribution in [3.8, 4) is 0 Å². The second kappa shape index (κ2) is 8.72. The van der Waals surface area contributed by atoms with Crippen molar-refractivity contribution in [1.29, 1.82) is 0 Å². The van der Waals surface area contributed by atoms with Gasteiger partial charge in [-0.2, -0.15) is 0 Å². The number of hydrogen-bond donors (Lipinski definition) is 1. The molecule has 0 radical (unpaired) electrons. The van der Waals surface area contributed by atoms with Gasteiger partial charge in [0.15, 0.2) is 0 Å². The number of carbonyl (C=O) groups excluding carboxylic acids is 2. The first kappa shape index (κ1) is 20.8. The number of hydrogen-bond acceptors (Lipinski definition) is 2. The quantitative estimate of drug-likeness (QED) is 0.802. The maximum absolute atomic E-state index is 12.6. The van der Waals surface area contributed by atoms with Gasteiger partial charge in [-0.3, -0.25) is 9.59 Å². The summed E-state index contributed by atoms with van der Waals surface area (Å²) in [5, 5.41) is 3.86. The predicted molar refractivity (Wildman–Crippen MR) is 99.3 cm³/mol. The number of rotatable bonds is 6. The van der Waals surface area contributed by atoms with Gasteiger partial charge in [-0.25, -0.2) is 0 Å². The van der Waals surface area contributed by atoms with Crippen molar-refractivity contribution in [3.05, 3.63) is 33.8 Å². The summed E-state index contributed by atoms with van der Waals surface area (Å²) in [6.07, 6.45) is 0.871. The van der Waals surface area contributed by atoms with Gasteiger partial charge in [-0.1, -0.05) is 43.1 Å². The minimum Gasteiger partial charge on any atom is -0.350 e. The number of halogens is 2. The van der Waals surface area contributed by atoms with Gasteiger partial charge in [0.2, 0.25) is 11.8 Å². The lowest BCUT2D eigenvalue weighted by atomic mass is 10.1. The van der Waals surface area contributed by atoms with Crippen molar-refractivity contribution in [2.24, 2.45) is 0 Å². The first-order valence-corrected chi connectivity index (χ1v) is 8.90. The summed E-state index contributed by atoms with van der Waals surface area (Å²) in [6.45, 7) is 9.77. The molecule has 1 aromatic carbocycles. The number of amides is 2. The first-order chi connectivity index (χ1) is 11.1. The summed E-state index contributed by atoms with van der Waals surface area (Å²) in [7, 11) is 0. The van der Waals surface area contributed by atoms with Gasteiger partial charge in [-0.15, -0.1) is 0 Å². The van der Waals surface area contributed by atoms with Crippen LogP contribution in [0.15, 0.2) is 18.2 Å². The molecule has 0 unspecified atom stereocenters. The van der Waals surface area contributed by atoms with E-state index >= 15 is 0 Å². The van der Waals surface area contributed by atoms with E-state index in [2.05, 4.69) is 5.32 Å². The summed E-state index contributed by atoms with van der Waals surface area (Å²) in [4.78, 5) is 26.6. The standard InChI is InChI=1S/C18H26Cl2N2O2/c1-6-15(17(24)21-18(3,4)5)22(16(23)7-2)11-12-8-9-13(19)14(20)10-12/h8-10,15H,6-7,11H2,1-5H3,(H,21,24)/t15-/m1/s1. The number of nitrogens with one attached hydrogen (secondary N) is 1. The van der Waals surface area contributed by atoms with E-state index in [0.29, 0.717) is 29.4 Å². The minimum absolute atomic E-state index is 0.0722.